The Bertz CT molecular complexity index is 151. The second-order valence-corrected chi connectivity index (χ2v) is 3.71. The van der Waals surface area contributed by atoms with Crippen LogP contribution >= 0.6 is 0 Å². The van der Waals surface area contributed by atoms with E-state index in [0.29, 0.717) is 0 Å². The molecule has 1 fully saturated rings. The zero-order valence-corrected chi connectivity index (χ0v) is 8.34. The first-order valence-electron chi connectivity index (χ1n) is 5.17. The van der Waals surface area contributed by atoms with Gasteiger partial charge in [-0.2, -0.15) is 0 Å². The molecule has 3 heteroatoms. The molecule has 0 heterocycles. The maximum absolute atomic E-state index is 11.4. The van der Waals surface area contributed by atoms with Crippen LogP contribution in [0.1, 0.15) is 44.9 Å². The lowest BCUT2D eigenvalue weighted by molar-refractivity contribution is -0.136. The van der Waals surface area contributed by atoms with E-state index < -0.39 is 0 Å². The summed E-state index contributed by atoms with van der Waals surface area (Å²) < 4.78 is 0. The molecule has 0 aliphatic heterocycles. The molecule has 0 unspecified atom stereocenters. The Morgan fingerprint density at radius 2 is 1.69 bits per heavy atom. The molecule has 0 aromatic heterocycles. The van der Waals surface area contributed by atoms with Crippen LogP contribution in [0, 0.1) is 5.92 Å². The highest BCUT2D eigenvalue weighted by atomic mass is 16.6. The van der Waals surface area contributed by atoms with E-state index in [1.807, 2.05) is 0 Å². The van der Waals surface area contributed by atoms with Gasteiger partial charge in [-0.3, -0.25) is 9.63 Å². The molecule has 0 aromatic carbocycles. The SMILES string of the molecule is CONC(=O)C1CCCCCCC1. The minimum absolute atomic E-state index is 0.0596. The number of carbonyl (C=O) groups excluding carboxylic acids is 1. The van der Waals surface area contributed by atoms with Crippen molar-refractivity contribution >= 4 is 5.91 Å². The van der Waals surface area contributed by atoms with Gasteiger partial charge in [0.25, 0.3) is 0 Å². The number of carbonyl (C=O) groups is 1. The summed E-state index contributed by atoms with van der Waals surface area (Å²) in [7, 11) is 1.49. The number of amides is 1. The van der Waals surface area contributed by atoms with E-state index in [-0.39, 0.29) is 11.8 Å². The van der Waals surface area contributed by atoms with Crippen LogP contribution in [-0.4, -0.2) is 13.0 Å². The van der Waals surface area contributed by atoms with Crippen molar-refractivity contribution in [2.24, 2.45) is 5.92 Å². The summed E-state index contributed by atoms with van der Waals surface area (Å²) in [6.07, 6.45) is 8.29. The summed E-state index contributed by atoms with van der Waals surface area (Å²) in [5.74, 6) is 0.240. The van der Waals surface area contributed by atoms with Crippen LogP contribution < -0.4 is 5.48 Å². The minimum Gasteiger partial charge on any atom is -0.277 e. The maximum Gasteiger partial charge on any atom is 0.246 e. The Labute approximate surface area is 79.8 Å². The van der Waals surface area contributed by atoms with Gasteiger partial charge in [-0.15, -0.1) is 0 Å². The van der Waals surface area contributed by atoms with E-state index in [9.17, 15) is 4.79 Å². The van der Waals surface area contributed by atoms with Crippen molar-refractivity contribution in [1.82, 2.24) is 5.48 Å². The Morgan fingerprint density at radius 3 is 2.23 bits per heavy atom. The number of nitrogens with one attached hydrogen (secondary N) is 1. The number of hydrogen-bond donors (Lipinski definition) is 1. The van der Waals surface area contributed by atoms with Gasteiger partial charge in [-0.1, -0.05) is 32.1 Å². The zero-order valence-electron chi connectivity index (χ0n) is 8.34. The maximum atomic E-state index is 11.4. The predicted octanol–water partition coefficient (Wildman–Crippen LogP) is 2.02. The predicted molar refractivity (Wildman–Crippen MR) is 51.0 cm³/mol. The van der Waals surface area contributed by atoms with Gasteiger partial charge in [0.2, 0.25) is 5.91 Å². The summed E-state index contributed by atoms with van der Waals surface area (Å²) in [6.45, 7) is 0. The molecule has 3 nitrogen and oxygen atoms in total. The van der Waals surface area contributed by atoms with Crippen LogP contribution in [0.4, 0.5) is 0 Å². The Hall–Kier alpha value is -0.570. The van der Waals surface area contributed by atoms with Gasteiger partial charge in [0.1, 0.15) is 0 Å². The highest BCUT2D eigenvalue weighted by molar-refractivity contribution is 5.77. The van der Waals surface area contributed by atoms with E-state index in [4.69, 9.17) is 0 Å². The fourth-order valence-electron chi connectivity index (χ4n) is 1.90. The third-order valence-electron chi connectivity index (χ3n) is 2.68. The highest BCUT2D eigenvalue weighted by Crippen LogP contribution is 2.22. The molecule has 1 aliphatic rings. The average molecular weight is 185 g/mol. The average Bonchev–Trinajstić information content (AvgIpc) is 2.03. The van der Waals surface area contributed by atoms with Gasteiger partial charge in [0.05, 0.1) is 7.11 Å². The lowest BCUT2D eigenvalue weighted by atomic mass is 9.91. The fraction of sp³-hybridized carbons (Fsp3) is 0.900. The third-order valence-corrected chi connectivity index (χ3v) is 2.68. The molecule has 0 spiro atoms. The molecule has 0 bridgehead atoms. The smallest absolute Gasteiger partial charge is 0.246 e. The van der Waals surface area contributed by atoms with Crippen LogP contribution in [0.25, 0.3) is 0 Å². The molecule has 76 valence electrons. The summed E-state index contributed by atoms with van der Waals surface area (Å²) >= 11 is 0. The standard InChI is InChI=1S/C10H19NO2/c1-13-11-10(12)9-7-5-3-2-4-6-8-9/h9H,2-8H2,1H3,(H,11,12). The number of hydroxylamine groups is 1. The van der Waals surface area contributed by atoms with Crippen molar-refractivity contribution in [1.29, 1.82) is 0 Å². The highest BCUT2D eigenvalue weighted by Gasteiger charge is 2.18. The van der Waals surface area contributed by atoms with Crippen molar-refractivity contribution in [2.75, 3.05) is 7.11 Å². The molecule has 1 aliphatic carbocycles. The monoisotopic (exact) mass is 185 g/mol. The summed E-state index contributed by atoms with van der Waals surface area (Å²) in [4.78, 5) is 16.1. The van der Waals surface area contributed by atoms with E-state index in [1.54, 1.807) is 0 Å². The Balaban J connectivity index is 2.32. The van der Waals surface area contributed by atoms with Gasteiger partial charge < -0.3 is 0 Å². The lowest BCUT2D eigenvalue weighted by Crippen LogP contribution is -2.30. The van der Waals surface area contributed by atoms with Crippen molar-refractivity contribution < 1.29 is 9.63 Å². The van der Waals surface area contributed by atoms with Crippen molar-refractivity contribution in [3.05, 3.63) is 0 Å². The second-order valence-electron chi connectivity index (χ2n) is 3.71. The van der Waals surface area contributed by atoms with Gasteiger partial charge in [0.15, 0.2) is 0 Å². The number of rotatable bonds is 2. The molecule has 1 rings (SSSR count). The van der Waals surface area contributed by atoms with Gasteiger partial charge in [-0.25, -0.2) is 5.48 Å². The molecule has 0 atom stereocenters. The van der Waals surface area contributed by atoms with Gasteiger partial charge >= 0.3 is 0 Å². The first-order valence-corrected chi connectivity index (χ1v) is 5.17. The fourth-order valence-corrected chi connectivity index (χ4v) is 1.90. The molecule has 0 aromatic rings. The lowest BCUT2D eigenvalue weighted by Gasteiger charge is -2.17. The van der Waals surface area contributed by atoms with Crippen molar-refractivity contribution in [3.8, 4) is 0 Å². The first-order chi connectivity index (χ1) is 6.34. The zero-order chi connectivity index (χ0) is 9.52. The van der Waals surface area contributed by atoms with Crippen LogP contribution in [0.3, 0.4) is 0 Å². The summed E-state index contributed by atoms with van der Waals surface area (Å²) in [5, 5.41) is 0. The molecule has 1 amide bonds. The number of hydrogen-bond acceptors (Lipinski definition) is 2. The molecular formula is C10H19NO2. The topological polar surface area (TPSA) is 38.3 Å². The molecular weight excluding hydrogens is 166 g/mol. The van der Waals surface area contributed by atoms with Crippen molar-refractivity contribution in [2.45, 2.75) is 44.9 Å². The molecule has 0 saturated heterocycles. The van der Waals surface area contributed by atoms with Gasteiger partial charge in [-0.05, 0) is 12.8 Å². The van der Waals surface area contributed by atoms with E-state index >= 15 is 0 Å². The second kappa shape index (κ2) is 5.97. The van der Waals surface area contributed by atoms with Gasteiger partial charge in [0, 0.05) is 5.92 Å². The van der Waals surface area contributed by atoms with E-state index in [2.05, 4.69) is 10.3 Å². The van der Waals surface area contributed by atoms with Crippen molar-refractivity contribution in [3.63, 3.8) is 0 Å². The van der Waals surface area contributed by atoms with Crippen LogP contribution in [0.5, 0.6) is 0 Å². The summed E-state index contributed by atoms with van der Waals surface area (Å²) in [5.41, 5.74) is 2.42. The molecule has 0 radical (unpaired) electrons. The molecule has 1 N–H and O–H groups in total. The molecule has 13 heavy (non-hydrogen) atoms. The third kappa shape index (κ3) is 3.77. The van der Waals surface area contributed by atoms with E-state index in [1.165, 1.54) is 39.2 Å². The largest absolute Gasteiger partial charge is 0.277 e. The quantitative estimate of drug-likeness (QED) is 0.668. The first kappa shape index (κ1) is 10.5. The summed E-state index contributed by atoms with van der Waals surface area (Å²) in [6, 6.07) is 0. The minimum atomic E-state index is 0.0596. The van der Waals surface area contributed by atoms with Crippen LogP contribution in [0.15, 0.2) is 0 Å². The van der Waals surface area contributed by atoms with Crippen LogP contribution in [0.2, 0.25) is 0 Å². The molecule has 1 saturated carbocycles. The Morgan fingerprint density at radius 1 is 1.15 bits per heavy atom. The normalized spacial score (nSPS) is 20.4. The van der Waals surface area contributed by atoms with E-state index in [0.717, 1.165) is 12.8 Å². The van der Waals surface area contributed by atoms with Crippen LogP contribution in [-0.2, 0) is 9.63 Å². The Kier molecular flexibility index (Phi) is 4.83.